The van der Waals surface area contributed by atoms with E-state index in [0.717, 1.165) is 17.1 Å². The summed E-state index contributed by atoms with van der Waals surface area (Å²) < 4.78 is 29.9. The minimum atomic E-state index is -3.40. The number of benzene rings is 1. The second-order valence-electron chi connectivity index (χ2n) is 6.97. The summed E-state index contributed by atoms with van der Waals surface area (Å²) in [6.45, 7) is 0.975. The fourth-order valence-corrected chi connectivity index (χ4v) is 6.89. The number of halogens is 1. The van der Waals surface area contributed by atoms with Crippen LogP contribution in [-0.2, 0) is 15.6 Å². The summed E-state index contributed by atoms with van der Waals surface area (Å²) in [5, 5.41) is 6.19. The van der Waals surface area contributed by atoms with Gasteiger partial charge in [-0.2, -0.15) is 4.31 Å². The van der Waals surface area contributed by atoms with Gasteiger partial charge in [-0.05, 0) is 54.6 Å². The van der Waals surface area contributed by atoms with Gasteiger partial charge >= 0.3 is 0 Å². The van der Waals surface area contributed by atoms with Gasteiger partial charge in [-0.15, -0.1) is 11.3 Å². The molecule has 140 valence electrons. The van der Waals surface area contributed by atoms with Gasteiger partial charge in [0.15, 0.2) is 0 Å². The molecule has 0 amide bonds. The predicted octanol–water partition coefficient (Wildman–Crippen LogP) is 4.30. The number of nitrogens with zero attached hydrogens (tertiary/aromatic N) is 2. The molecule has 3 aromatic rings. The maximum absolute atomic E-state index is 12.8. The molecule has 5 rings (SSSR count). The van der Waals surface area contributed by atoms with E-state index in [-0.39, 0.29) is 5.54 Å². The Morgan fingerprint density at radius 3 is 2.67 bits per heavy atom. The summed E-state index contributed by atoms with van der Waals surface area (Å²) >= 11 is 7.46. The minimum absolute atomic E-state index is 0.272. The highest BCUT2D eigenvalue weighted by molar-refractivity contribution is 7.91. The molecule has 2 aromatic heterocycles. The molecule has 0 aliphatic carbocycles. The Morgan fingerprint density at radius 2 is 1.93 bits per heavy atom. The van der Waals surface area contributed by atoms with E-state index in [2.05, 4.69) is 16.0 Å². The van der Waals surface area contributed by atoms with Crippen LogP contribution in [0.2, 0.25) is 5.02 Å². The molecule has 1 N–H and O–H groups in total. The Balaban J connectivity index is 1.47. The third-order valence-electron chi connectivity index (χ3n) is 5.50. The van der Waals surface area contributed by atoms with E-state index >= 15 is 0 Å². The molecule has 1 saturated heterocycles. The fourth-order valence-electron chi connectivity index (χ4n) is 4.14. The number of nitrogens with one attached hydrogen (secondary N) is 1. The van der Waals surface area contributed by atoms with Gasteiger partial charge in [0.2, 0.25) is 0 Å². The van der Waals surface area contributed by atoms with Crippen LogP contribution < -0.4 is 5.32 Å². The lowest BCUT2D eigenvalue weighted by Crippen LogP contribution is -2.50. The summed E-state index contributed by atoms with van der Waals surface area (Å²) in [6, 6.07) is 13.4. The molecule has 1 fully saturated rings. The highest BCUT2D eigenvalue weighted by Gasteiger charge is 2.44. The van der Waals surface area contributed by atoms with Crippen molar-refractivity contribution in [1.29, 1.82) is 0 Å². The number of fused-ring (bicyclic) bond motifs is 4. The van der Waals surface area contributed by atoms with Crippen molar-refractivity contribution in [3.05, 3.63) is 64.8 Å². The molecule has 1 aromatic carbocycles. The molecule has 0 bridgehead atoms. The van der Waals surface area contributed by atoms with Gasteiger partial charge in [0, 0.05) is 30.0 Å². The van der Waals surface area contributed by atoms with Gasteiger partial charge in [0.05, 0.1) is 16.9 Å². The van der Waals surface area contributed by atoms with Crippen molar-refractivity contribution in [2.45, 2.75) is 22.6 Å². The zero-order valence-electron chi connectivity index (χ0n) is 14.4. The van der Waals surface area contributed by atoms with Gasteiger partial charge in [0.25, 0.3) is 10.0 Å². The van der Waals surface area contributed by atoms with Gasteiger partial charge in [-0.25, -0.2) is 8.42 Å². The van der Waals surface area contributed by atoms with Gasteiger partial charge in [0.1, 0.15) is 4.21 Å². The molecule has 0 saturated carbocycles. The number of hydrogen-bond donors (Lipinski definition) is 1. The topological polar surface area (TPSA) is 54.3 Å². The van der Waals surface area contributed by atoms with Crippen molar-refractivity contribution in [2.75, 3.05) is 18.4 Å². The first-order valence-electron chi connectivity index (χ1n) is 8.79. The second kappa shape index (κ2) is 6.10. The van der Waals surface area contributed by atoms with E-state index in [1.807, 2.05) is 30.5 Å². The van der Waals surface area contributed by atoms with Crippen LogP contribution in [-0.4, -0.2) is 30.4 Å². The molecular formula is C19H18ClN3O2S2. The third-order valence-corrected chi connectivity index (χ3v) is 9.00. The molecule has 1 spiro atoms. The molecule has 4 heterocycles. The van der Waals surface area contributed by atoms with Crippen LogP contribution in [0, 0.1) is 0 Å². The molecule has 2 aliphatic heterocycles. The SMILES string of the molecule is O=S(=O)(c1cccs1)N1CCC2(CC1)Nc1ccc(Cl)cc1-n1cccc12. The Hall–Kier alpha value is -1.80. The molecular weight excluding hydrogens is 402 g/mol. The number of aromatic nitrogens is 1. The summed E-state index contributed by atoms with van der Waals surface area (Å²) in [7, 11) is -3.40. The predicted molar refractivity (Wildman–Crippen MR) is 108 cm³/mol. The molecule has 27 heavy (non-hydrogen) atoms. The zero-order chi connectivity index (χ0) is 18.6. The third kappa shape index (κ3) is 2.64. The molecule has 0 radical (unpaired) electrons. The first kappa shape index (κ1) is 17.3. The van der Waals surface area contributed by atoms with Crippen molar-refractivity contribution in [3.8, 4) is 5.69 Å². The van der Waals surface area contributed by atoms with E-state index in [4.69, 9.17) is 11.6 Å². The minimum Gasteiger partial charge on any atom is -0.372 e. The monoisotopic (exact) mass is 419 g/mol. The molecule has 0 atom stereocenters. The van der Waals surface area contributed by atoms with Crippen LogP contribution in [0.15, 0.2) is 58.3 Å². The van der Waals surface area contributed by atoms with Gasteiger partial charge in [-0.3, -0.25) is 0 Å². The Morgan fingerprint density at radius 1 is 1.11 bits per heavy atom. The first-order valence-corrected chi connectivity index (χ1v) is 11.5. The lowest BCUT2D eigenvalue weighted by atomic mass is 9.83. The van der Waals surface area contributed by atoms with E-state index in [1.54, 1.807) is 21.8 Å². The molecule has 8 heteroatoms. The second-order valence-corrected chi connectivity index (χ2v) is 10.5. The van der Waals surface area contributed by atoms with E-state index in [0.29, 0.717) is 35.2 Å². The summed E-state index contributed by atoms with van der Waals surface area (Å²) in [6.07, 6.45) is 3.47. The Bertz CT molecular complexity index is 1100. The molecule has 0 unspecified atom stereocenters. The van der Waals surface area contributed by atoms with Crippen LogP contribution in [0.1, 0.15) is 18.5 Å². The van der Waals surface area contributed by atoms with E-state index < -0.39 is 10.0 Å². The average molecular weight is 420 g/mol. The first-order chi connectivity index (χ1) is 13.0. The quantitative estimate of drug-likeness (QED) is 0.673. The van der Waals surface area contributed by atoms with Crippen molar-refractivity contribution < 1.29 is 8.42 Å². The summed E-state index contributed by atoms with van der Waals surface area (Å²) in [5.74, 6) is 0. The lowest BCUT2D eigenvalue weighted by Gasteiger charge is -2.45. The Kier molecular flexibility index (Phi) is 3.91. The van der Waals surface area contributed by atoms with Gasteiger partial charge in [-0.1, -0.05) is 17.7 Å². The lowest BCUT2D eigenvalue weighted by molar-refractivity contribution is 0.248. The number of anilines is 1. The highest BCUT2D eigenvalue weighted by Crippen LogP contribution is 2.44. The van der Waals surface area contributed by atoms with Crippen molar-refractivity contribution in [1.82, 2.24) is 8.87 Å². The van der Waals surface area contributed by atoms with Crippen LogP contribution in [0.25, 0.3) is 5.69 Å². The van der Waals surface area contributed by atoms with Crippen LogP contribution in [0.3, 0.4) is 0 Å². The van der Waals surface area contributed by atoms with Crippen LogP contribution in [0.5, 0.6) is 0 Å². The molecule has 5 nitrogen and oxygen atoms in total. The Labute approximate surface area is 167 Å². The van der Waals surface area contributed by atoms with Crippen LogP contribution in [0.4, 0.5) is 5.69 Å². The number of thiophene rings is 1. The van der Waals surface area contributed by atoms with Crippen molar-refractivity contribution in [2.24, 2.45) is 0 Å². The van der Waals surface area contributed by atoms with E-state index in [9.17, 15) is 8.42 Å². The van der Waals surface area contributed by atoms with Crippen molar-refractivity contribution in [3.63, 3.8) is 0 Å². The standard InChI is InChI=1S/C19H18ClN3O2S2/c20-14-5-6-15-16(13-14)23-9-1-3-17(23)19(21-15)7-10-22(11-8-19)27(24,25)18-4-2-12-26-18/h1-6,9,12-13,21H,7-8,10-11H2. The molecule has 2 aliphatic rings. The summed E-state index contributed by atoms with van der Waals surface area (Å²) in [5.41, 5.74) is 2.94. The number of sulfonamides is 1. The number of rotatable bonds is 2. The summed E-state index contributed by atoms with van der Waals surface area (Å²) in [4.78, 5) is 0. The number of hydrogen-bond acceptors (Lipinski definition) is 4. The smallest absolute Gasteiger partial charge is 0.252 e. The van der Waals surface area contributed by atoms with Crippen LogP contribution >= 0.6 is 22.9 Å². The van der Waals surface area contributed by atoms with Crippen molar-refractivity contribution >= 4 is 38.6 Å². The number of piperidine rings is 1. The average Bonchev–Trinajstić information content (AvgIpc) is 3.36. The van der Waals surface area contributed by atoms with Gasteiger partial charge < -0.3 is 9.88 Å². The normalized spacial score (nSPS) is 18.7. The van der Waals surface area contributed by atoms with E-state index in [1.165, 1.54) is 11.3 Å². The zero-order valence-corrected chi connectivity index (χ0v) is 16.8. The largest absolute Gasteiger partial charge is 0.372 e. The maximum atomic E-state index is 12.8. The highest BCUT2D eigenvalue weighted by atomic mass is 35.5. The fraction of sp³-hybridized carbons (Fsp3) is 0.263. The maximum Gasteiger partial charge on any atom is 0.252 e.